The van der Waals surface area contributed by atoms with E-state index in [4.69, 9.17) is 5.11 Å². The number of amides is 1. The van der Waals surface area contributed by atoms with Crippen LogP contribution in [0.4, 0.5) is 5.13 Å². The zero-order chi connectivity index (χ0) is 14.1. The quantitative estimate of drug-likeness (QED) is 0.766. The van der Waals surface area contributed by atoms with E-state index in [0.29, 0.717) is 15.3 Å². The van der Waals surface area contributed by atoms with Gasteiger partial charge in [-0.25, -0.2) is 9.78 Å². The van der Waals surface area contributed by atoms with E-state index >= 15 is 0 Å². The predicted octanol–water partition coefficient (Wildman–Crippen LogP) is 2.23. The number of nitrogens with zero attached hydrogens (tertiary/aromatic N) is 2. The minimum absolute atomic E-state index is 0.149. The molecule has 0 saturated heterocycles. The molecule has 0 bridgehead atoms. The van der Waals surface area contributed by atoms with Crippen LogP contribution in [0.5, 0.6) is 0 Å². The number of benzene rings is 1. The highest BCUT2D eigenvalue weighted by atomic mass is 32.1. The lowest BCUT2D eigenvalue weighted by Gasteiger charge is -1.95. The molecule has 0 radical (unpaired) electrons. The van der Waals surface area contributed by atoms with Crippen LogP contribution < -0.4 is 5.32 Å². The first kappa shape index (κ1) is 12.3. The Morgan fingerprint density at radius 2 is 2.15 bits per heavy atom. The van der Waals surface area contributed by atoms with Crippen LogP contribution >= 0.6 is 11.3 Å². The van der Waals surface area contributed by atoms with Crippen molar-refractivity contribution in [2.75, 3.05) is 5.32 Å². The molecule has 3 aromatic rings. The van der Waals surface area contributed by atoms with Crippen molar-refractivity contribution in [3.05, 3.63) is 41.8 Å². The van der Waals surface area contributed by atoms with Crippen molar-refractivity contribution >= 4 is 38.6 Å². The molecular weight excluding hydrogens is 282 g/mol. The maximum absolute atomic E-state index is 11.8. The first-order valence-electron chi connectivity index (χ1n) is 5.49. The largest absolute Gasteiger partial charge is 0.478 e. The molecule has 100 valence electrons. The van der Waals surface area contributed by atoms with Crippen LogP contribution in [-0.2, 0) is 0 Å². The lowest BCUT2D eigenvalue weighted by molar-refractivity contribution is 0.0697. The molecule has 8 heteroatoms. The zero-order valence-corrected chi connectivity index (χ0v) is 10.7. The number of anilines is 1. The molecule has 0 spiro atoms. The number of hydrogen-bond donors (Lipinski definition) is 2. The molecule has 20 heavy (non-hydrogen) atoms. The second-order valence-corrected chi connectivity index (χ2v) is 4.88. The van der Waals surface area contributed by atoms with E-state index in [1.54, 1.807) is 6.07 Å². The molecule has 0 unspecified atom stereocenters. The van der Waals surface area contributed by atoms with Gasteiger partial charge in [0.2, 0.25) is 0 Å². The number of aromatic carboxylic acids is 1. The highest BCUT2D eigenvalue weighted by Crippen LogP contribution is 2.27. The average Bonchev–Trinajstić information content (AvgIpc) is 3.06. The van der Waals surface area contributed by atoms with Crippen LogP contribution in [0, 0.1) is 0 Å². The van der Waals surface area contributed by atoms with Gasteiger partial charge < -0.3 is 9.63 Å². The van der Waals surface area contributed by atoms with E-state index < -0.39 is 11.9 Å². The zero-order valence-electron chi connectivity index (χ0n) is 9.86. The minimum Gasteiger partial charge on any atom is -0.478 e. The van der Waals surface area contributed by atoms with Crippen molar-refractivity contribution in [3.8, 4) is 0 Å². The summed E-state index contributed by atoms with van der Waals surface area (Å²) in [6, 6.07) is 6.01. The van der Waals surface area contributed by atoms with Gasteiger partial charge >= 0.3 is 5.97 Å². The SMILES string of the molecule is O=C(O)c1ccc2nc(NC(=O)c3ccon3)sc2c1. The lowest BCUT2D eigenvalue weighted by atomic mass is 10.2. The van der Waals surface area contributed by atoms with Gasteiger partial charge in [-0.05, 0) is 18.2 Å². The summed E-state index contributed by atoms with van der Waals surface area (Å²) in [5.41, 5.74) is 0.946. The number of rotatable bonds is 3. The molecule has 0 aliphatic rings. The highest BCUT2D eigenvalue weighted by molar-refractivity contribution is 7.22. The topological polar surface area (TPSA) is 105 Å². The molecule has 0 fully saturated rings. The lowest BCUT2D eigenvalue weighted by Crippen LogP contribution is -2.11. The Morgan fingerprint density at radius 1 is 1.30 bits per heavy atom. The van der Waals surface area contributed by atoms with Crippen molar-refractivity contribution in [2.24, 2.45) is 0 Å². The van der Waals surface area contributed by atoms with Gasteiger partial charge in [0.25, 0.3) is 5.91 Å². The summed E-state index contributed by atoms with van der Waals surface area (Å²) >= 11 is 1.19. The molecule has 0 atom stereocenters. The van der Waals surface area contributed by atoms with Crippen molar-refractivity contribution in [1.82, 2.24) is 10.1 Å². The Kier molecular flexibility index (Phi) is 2.92. The van der Waals surface area contributed by atoms with E-state index in [2.05, 4.69) is 20.0 Å². The number of fused-ring (bicyclic) bond motifs is 1. The molecule has 0 aliphatic carbocycles. The molecule has 3 rings (SSSR count). The Morgan fingerprint density at radius 3 is 2.85 bits per heavy atom. The Labute approximate surface area is 115 Å². The number of aromatic nitrogens is 2. The van der Waals surface area contributed by atoms with Gasteiger partial charge in [-0.15, -0.1) is 0 Å². The van der Waals surface area contributed by atoms with Crippen molar-refractivity contribution in [3.63, 3.8) is 0 Å². The molecule has 7 nitrogen and oxygen atoms in total. The number of hydrogen-bond acceptors (Lipinski definition) is 6. The van der Waals surface area contributed by atoms with Crippen LogP contribution in [0.3, 0.4) is 0 Å². The standard InChI is InChI=1S/C12H7N3O4S/c16-10(8-3-4-19-15-8)14-12-13-7-2-1-6(11(17)18)5-9(7)20-12/h1-5H,(H,17,18)(H,13,14,16). The van der Waals surface area contributed by atoms with Crippen LogP contribution in [0.1, 0.15) is 20.8 Å². The first-order chi connectivity index (χ1) is 9.63. The number of carbonyl (C=O) groups excluding carboxylic acids is 1. The molecule has 2 heterocycles. The van der Waals surface area contributed by atoms with E-state index in [1.807, 2.05) is 0 Å². The predicted molar refractivity (Wildman–Crippen MR) is 71.0 cm³/mol. The number of carboxylic acids is 1. The van der Waals surface area contributed by atoms with Gasteiger partial charge in [0.05, 0.1) is 15.8 Å². The normalized spacial score (nSPS) is 10.6. The third-order valence-electron chi connectivity index (χ3n) is 2.53. The average molecular weight is 289 g/mol. The Hall–Kier alpha value is -2.74. The third kappa shape index (κ3) is 2.24. The minimum atomic E-state index is -1.01. The highest BCUT2D eigenvalue weighted by Gasteiger charge is 2.13. The van der Waals surface area contributed by atoms with Gasteiger partial charge in [0.15, 0.2) is 10.8 Å². The summed E-state index contributed by atoms with van der Waals surface area (Å²) < 4.78 is 5.26. The van der Waals surface area contributed by atoms with E-state index in [0.717, 1.165) is 0 Å². The second kappa shape index (κ2) is 4.74. The molecule has 1 amide bonds. The molecule has 2 N–H and O–H groups in total. The maximum atomic E-state index is 11.8. The number of thiazole rings is 1. The maximum Gasteiger partial charge on any atom is 0.335 e. The van der Waals surface area contributed by atoms with Crippen LogP contribution in [0.15, 0.2) is 35.1 Å². The molecule has 0 saturated carbocycles. The summed E-state index contributed by atoms with van der Waals surface area (Å²) in [7, 11) is 0. The van der Waals surface area contributed by atoms with Gasteiger partial charge in [-0.1, -0.05) is 16.5 Å². The number of carboxylic acid groups (broad SMARTS) is 1. The van der Waals surface area contributed by atoms with Gasteiger partial charge in [-0.2, -0.15) is 0 Å². The van der Waals surface area contributed by atoms with Crippen LogP contribution in [0.2, 0.25) is 0 Å². The molecule has 2 aromatic heterocycles. The summed E-state index contributed by atoms with van der Waals surface area (Å²) in [6.07, 6.45) is 1.30. The fourth-order valence-corrected chi connectivity index (χ4v) is 2.50. The fourth-order valence-electron chi connectivity index (χ4n) is 1.60. The van der Waals surface area contributed by atoms with Gasteiger partial charge in [0.1, 0.15) is 6.26 Å². The first-order valence-corrected chi connectivity index (χ1v) is 6.31. The van der Waals surface area contributed by atoms with Crippen LogP contribution in [-0.4, -0.2) is 27.1 Å². The van der Waals surface area contributed by atoms with Crippen molar-refractivity contribution < 1.29 is 19.2 Å². The Balaban J connectivity index is 1.89. The monoisotopic (exact) mass is 289 g/mol. The van der Waals surface area contributed by atoms with Crippen molar-refractivity contribution in [2.45, 2.75) is 0 Å². The Bertz CT molecular complexity index is 794. The summed E-state index contributed by atoms with van der Waals surface area (Å²) in [6.45, 7) is 0. The van der Waals surface area contributed by atoms with E-state index in [9.17, 15) is 9.59 Å². The van der Waals surface area contributed by atoms with Gasteiger partial charge in [0, 0.05) is 6.07 Å². The fraction of sp³-hybridized carbons (Fsp3) is 0. The van der Waals surface area contributed by atoms with E-state index in [1.165, 1.54) is 35.8 Å². The summed E-state index contributed by atoms with van der Waals surface area (Å²) in [5, 5.41) is 15.4. The summed E-state index contributed by atoms with van der Waals surface area (Å²) in [4.78, 5) is 26.8. The third-order valence-corrected chi connectivity index (χ3v) is 3.46. The van der Waals surface area contributed by atoms with Crippen LogP contribution in [0.25, 0.3) is 10.2 Å². The number of nitrogens with one attached hydrogen (secondary N) is 1. The van der Waals surface area contributed by atoms with Gasteiger partial charge in [-0.3, -0.25) is 10.1 Å². The second-order valence-electron chi connectivity index (χ2n) is 3.85. The van der Waals surface area contributed by atoms with Crippen molar-refractivity contribution in [1.29, 1.82) is 0 Å². The smallest absolute Gasteiger partial charge is 0.335 e. The van der Waals surface area contributed by atoms with E-state index in [-0.39, 0.29) is 11.3 Å². The number of carbonyl (C=O) groups is 2. The molecular formula is C12H7N3O4S. The summed E-state index contributed by atoms with van der Waals surface area (Å²) in [5.74, 6) is -1.44. The molecule has 0 aliphatic heterocycles. The molecule has 1 aromatic carbocycles.